The first-order valence-corrected chi connectivity index (χ1v) is 14.7. The van der Waals surface area contributed by atoms with Crippen LogP contribution in [0, 0.1) is 0 Å². The molecule has 0 nitrogen and oxygen atoms in total. The van der Waals surface area contributed by atoms with Crippen LogP contribution in [0.4, 0.5) is 0 Å². The van der Waals surface area contributed by atoms with Crippen LogP contribution >= 0.6 is 0 Å². The van der Waals surface area contributed by atoms with Gasteiger partial charge in [0, 0.05) is 0 Å². The van der Waals surface area contributed by atoms with Gasteiger partial charge in [-0.25, -0.2) is 0 Å². The number of hydrogen-bond acceptors (Lipinski definition) is 12. The van der Waals surface area contributed by atoms with Gasteiger partial charge in [-0.15, -0.1) is 0 Å². The number of hydrogen-bond donors (Lipinski definition) is 0. The second-order valence-corrected chi connectivity index (χ2v) is 0. The summed E-state index contributed by atoms with van der Waals surface area (Å²) in [7, 11) is 0. The summed E-state index contributed by atoms with van der Waals surface area (Å²) >= 11 is 49.0. The van der Waals surface area contributed by atoms with Gasteiger partial charge >= 0.3 is 117 Å². The van der Waals surface area contributed by atoms with E-state index in [-0.39, 0.29) is 117 Å². The van der Waals surface area contributed by atoms with Crippen molar-refractivity contribution in [2.45, 2.75) is 0 Å². The SMILES string of the molecule is C[S-].C[S-].C[S-].C[S-].C[S-].C[S-].C[S-].C[S-].C[S-].C[S-].C[S-].C[S-].[Ru+2].[Ru+2].[Ru+2].[Ru+2].[Ru+2].[Ru+2]. The summed E-state index contributed by atoms with van der Waals surface area (Å²) in [5.41, 5.74) is 0. The zero-order valence-electron chi connectivity index (χ0n) is 19.0. The van der Waals surface area contributed by atoms with Crippen LogP contribution in [0.25, 0.3) is 0 Å². The monoisotopic (exact) mass is 1180 g/mol. The second-order valence-electron chi connectivity index (χ2n) is 0. The maximum atomic E-state index is 4.08. The van der Waals surface area contributed by atoms with E-state index in [9.17, 15) is 0 Å². The van der Waals surface area contributed by atoms with E-state index in [0.717, 1.165) is 0 Å². The van der Waals surface area contributed by atoms with Crippen LogP contribution in [0.2, 0.25) is 0 Å². The molecule has 0 unspecified atom stereocenters. The predicted octanol–water partition coefficient (Wildman–Crippen LogP) is 1.94. The van der Waals surface area contributed by atoms with Gasteiger partial charge in [0.2, 0.25) is 0 Å². The fourth-order valence-corrected chi connectivity index (χ4v) is 0. The molecule has 0 N–H and O–H groups in total. The maximum Gasteiger partial charge on any atom is 2.00 e. The molecule has 0 atom stereocenters. The molecule has 0 aromatic heterocycles. The molecule has 0 radical (unpaired) electrons. The van der Waals surface area contributed by atoms with Gasteiger partial charge in [0.25, 0.3) is 0 Å². The van der Waals surface area contributed by atoms with Gasteiger partial charge in [-0.1, -0.05) is 0 Å². The van der Waals surface area contributed by atoms with Gasteiger partial charge in [0.15, 0.2) is 0 Å². The average Bonchev–Trinajstić information content (AvgIpc) is 2.84. The van der Waals surface area contributed by atoms with E-state index in [1.54, 1.807) is 75.1 Å². The van der Waals surface area contributed by atoms with Crippen molar-refractivity contribution in [3.63, 3.8) is 0 Å². The van der Waals surface area contributed by atoms with Crippen LogP contribution in [0.15, 0.2) is 0 Å². The molecule has 30 heavy (non-hydrogen) atoms. The summed E-state index contributed by atoms with van der Waals surface area (Å²) in [5, 5.41) is 0. The standard InChI is InChI=1S/12CH4S.6Ru/c12*1-2;;;;;;/h12*2H,1H3;;;;;;/q;;;;;;;;;;;;6*+2/p-12. The molecular formula is C12H36Ru6S12. The molecule has 0 fully saturated rings. The van der Waals surface area contributed by atoms with Crippen molar-refractivity contribution < 1.29 is 117 Å². The normalized spacial score (nSPS) is 2.40. The van der Waals surface area contributed by atoms with Crippen LogP contribution in [0.1, 0.15) is 0 Å². The molecule has 0 heterocycles. The Morgan fingerprint density at radius 2 is 0.133 bits per heavy atom. The Balaban J connectivity index is -0.00000000321. The Morgan fingerprint density at radius 3 is 0.133 bits per heavy atom. The molecule has 0 aromatic rings. The fourth-order valence-electron chi connectivity index (χ4n) is 0. The molecule has 0 aliphatic carbocycles. The Bertz CT molecular complexity index is 45.7. The molecule has 0 aromatic carbocycles. The third-order valence-corrected chi connectivity index (χ3v) is 0. The number of rotatable bonds is 0. The Labute approximate surface area is 337 Å². The van der Waals surface area contributed by atoms with Crippen LogP contribution < -0.4 is 0 Å². The minimum atomic E-state index is 0. The molecule has 0 aliphatic rings. The largest absolute Gasteiger partial charge is 2.00 e. The Hall–Kier alpha value is 7.94. The summed E-state index contributed by atoms with van der Waals surface area (Å²) in [6, 6.07) is 0. The molecule has 0 spiro atoms. The third-order valence-electron chi connectivity index (χ3n) is 0. The van der Waals surface area contributed by atoms with Crippen molar-refractivity contribution in [3.8, 4) is 0 Å². The molecular weight excluding hydrogens is 1140 g/mol. The Kier molecular flexibility index (Phi) is 3280. The minimum absolute atomic E-state index is 0. The van der Waals surface area contributed by atoms with E-state index in [0.29, 0.717) is 0 Å². The van der Waals surface area contributed by atoms with Crippen LogP contribution in [-0.4, -0.2) is 75.1 Å². The van der Waals surface area contributed by atoms with Gasteiger partial charge in [-0.2, -0.15) is 75.1 Å². The van der Waals surface area contributed by atoms with Crippen molar-refractivity contribution in [2.24, 2.45) is 0 Å². The van der Waals surface area contributed by atoms with Gasteiger partial charge in [-0.05, 0) is 0 Å². The molecule has 0 amide bonds. The predicted molar refractivity (Wildman–Crippen MR) is 159 cm³/mol. The second kappa shape index (κ2) is 757. The zero-order valence-corrected chi connectivity index (χ0v) is 39.2. The third kappa shape index (κ3) is 696. The van der Waals surface area contributed by atoms with Gasteiger partial charge in [0.05, 0.1) is 0 Å². The summed E-state index contributed by atoms with van der Waals surface area (Å²) in [6.45, 7) is 0. The van der Waals surface area contributed by atoms with Crippen LogP contribution in [0.5, 0.6) is 0 Å². The van der Waals surface area contributed by atoms with Gasteiger partial charge in [-0.3, -0.25) is 0 Å². The first-order chi connectivity index (χ1) is 12.0. The van der Waals surface area contributed by atoms with E-state index in [1.165, 1.54) is 0 Å². The van der Waals surface area contributed by atoms with E-state index in [2.05, 4.69) is 152 Å². The van der Waals surface area contributed by atoms with Gasteiger partial charge < -0.3 is 152 Å². The quantitative estimate of drug-likeness (QED) is 0.258. The molecule has 0 saturated carbocycles. The Morgan fingerprint density at radius 1 is 0.133 bits per heavy atom. The molecule has 0 aliphatic heterocycles. The first-order valence-electron chi connectivity index (χ1n) is 4.90. The summed E-state index contributed by atoms with van der Waals surface area (Å²) in [4.78, 5) is 0. The first kappa shape index (κ1) is 130. The van der Waals surface area contributed by atoms with Crippen LogP contribution in [-0.2, 0) is 268 Å². The topological polar surface area (TPSA) is 0 Å². The molecule has 204 valence electrons. The minimum Gasteiger partial charge on any atom is -0.796 e. The van der Waals surface area contributed by atoms with Crippen molar-refractivity contribution in [3.05, 3.63) is 0 Å². The summed E-state index contributed by atoms with van der Waals surface area (Å²) < 4.78 is 0. The maximum absolute atomic E-state index is 4.08. The fraction of sp³-hybridized carbons (Fsp3) is 1.00. The molecule has 0 bridgehead atoms. The van der Waals surface area contributed by atoms with E-state index < -0.39 is 0 Å². The average molecular weight is 1170 g/mol. The van der Waals surface area contributed by atoms with Crippen molar-refractivity contribution >= 4 is 152 Å². The zero-order chi connectivity index (χ0) is 24.0. The van der Waals surface area contributed by atoms with E-state index in [1.807, 2.05) is 0 Å². The molecule has 18 heteroatoms. The molecule has 0 rings (SSSR count). The van der Waals surface area contributed by atoms with Crippen molar-refractivity contribution in [1.82, 2.24) is 0 Å². The molecule has 0 saturated heterocycles. The van der Waals surface area contributed by atoms with Crippen molar-refractivity contribution in [2.75, 3.05) is 75.1 Å². The van der Waals surface area contributed by atoms with E-state index >= 15 is 0 Å². The summed E-state index contributed by atoms with van der Waals surface area (Å²) in [5.74, 6) is 0. The van der Waals surface area contributed by atoms with E-state index in [4.69, 9.17) is 0 Å². The van der Waals surface area contributed by atoms with Gasteiger partial charge in [0.1, 0.15) is 0 Å². The smallest absolute Gasteiger partial charge is 0.796 e. The summed E-state index contributed by atoms with van der Waals surface area (Å²) in [6.07, 6.45) is 19.0. The van der Waals surface area contributed by atoms with Crippen molar-refractivity contribution in [1.29, 1.82) is 0 Å². The van der Waals surface area contributed by atoms with Crippen LogP contribution in [0.3, 0.4) is 0 Å².